The average molecular weight is 529 g/mol. The number of carbonyl (C=O) groups excluding carboxylic acids is 4. The summed E-state index contributed by atoms with van der Waals surface area (Å²) in [7, 11) is 0. The van der Waals surface area contributed by atoms with Gasteiger partial charge in [-0.2, -0.15) is 0 Å². The zero-order valence-electron chi connectivity index (χ0n) is 22.0. The van der Waals surface area contributed by atoms with E-state index in [1.165, 1.54) is 6.92 Å². The van der Waals surface area contributed by atoms with E-state index in [0.717, 1.165) is 5.56 Å². The predicted molar refractivity (Wildman–Crippen MR) is 140 cm³/mol. The molecular formula is C27H36N4O7. The van der Waals surface area contributed by atoms with Gasteiger partial charge < -0.3 is 36.3 Å². The van der Waals surface area contributed by atoms with Crippen molar-refractivity contribution in [3.05, 3.63) is 65.7 Å². The predicted octanol–water partition coefficient (Wildman–Crippen LogP) is 1.17. The van der Waals surface area contributed by atoms with Gasteiger partial charge in [0.1, 0.15) is 36.6 Å². The number of alkyl carbamates (subject to hydrolysis) is 1. The highest BCUT2D eigenvalue weighted by Crippen LogP contribution is 2.16. The molecule has 2 rings (SSSR count). The number of benzene rings is 2. The van der Waals surface area contributed by atoms with Crippen LogP contribution in [0, 0.1) is 0 Å². The van der Waals surface area contributed by atoms with Crippen molar-refractivity contribution in [1.82, 2.24) is 16.0 Å². The first-order chi connectivity index (χ1) is 17.8. The van der Waals surface area contributed by atoms with Gasteiger partial charge >= 0.3 is 6.09 Å². The quantitative estimate of drug-likeness (QED) is 0.275. The Morgan fingerprint density at radius 2 is 1.58 bits per heavy atom. The molecule has 0 saturated heterocycles. The van der Waals surface area contributed by atoms with E-state index in [4.69, 9.17) is 15.2 Å². The molecule has 11 nitrogen and oxygen atoms in total. The lowest BCUT2D eigenvalue weighted by atomic mass is 10.0. The summed E-state index contributed by atoms with van der Waals surface area (Å²) in [6, 6.07) is 14.1. The highest BCUT2D eigenvalue weighted by molar-refractivity contribution is 5.92. The maximum absolute atomic E-state index is 13.0. The number of ether oxygens (including phenoxy) is 2. The van der Waals surface area contributed by atoms with Crippen LogP contribution in [0.3, 0.4) is 0 Å². The van der Waals surface area contributed by atoms with Crippen molar-refractivity contribution >= 4 is 23.8 Å². The van der Waals surface area contributed by atoms with Crippen LogP contribution in [0.2, 0.25) is 0 Å². The molecule has 206 valence electrons. The van der Waals surface area contributed by atoms with Crippen molar-refractivity contribution in [2.24, 2.45) is 5.73 Å². The van der Waals surface area contributed by atoms with E-state index in [2.05, 4.69) is 16.0 Å². The van der Waals surface area contributed by atoms with E-state index in [0.29, 0.717) is 17.9 Å². The molecule has 0 bridgehead atoms. The van der Waals surface area contributed by atoms with Crippen molar-refractivity contribution in [1.29, 1.82) is 0 Å². The van der Waals surface area contributed by atoms with Crippen LogP contribution in [0.15, 0.2) is 54.6 Å². The van der Waals surface area contributed by atoms with Gasteiger partial charge in [0.2, 0.25) is 17.7 Å². The fourth-order valence-corrected chi connectivity index (χ4v) is 3.30. The van der Waals surface area contributed by atoms with E-state index in [-0.39, 0.29) is 6.42 Å². The molecule has 2 aromatic carbocycles. The summed E-state index contributed by atoms with van der Waals surface area (Å²) >= 11 is 0. The molecule has 0 aromatic heterocycles. The van der Waals surface area contributed by atoms with Crippen LogP contribution in [0.25, 0.3) is 0 Å². The number of nitrogens with one attached hydrogen (secondary N) is 3. The zero-order valence-corrected chi connectivity index (χ0v) is 22.0. The van der Waals surface area contributed by atoms with Gasteiger partial charge in [0, 0.05) is 6.42 Å². The third-order valence-corrected chi connectivity index (χ3v) is 5.14. The Labute approximate surface area is 222 Å². The minimum atomic E-state index is -1.35. The summed E-state index contributed by atoms with van der Waals surface area (Å²) in [5.74, 6) is -1.70. The van der Waals surface area contributed by atoms with Gasteiger partial charge in [0.05, 0.1) is 6.10 Å². The minimum absolute atomic E-state index is 0.0499. The van der Waals surface area contributed by atoms with Crippen molar-refractivity contribution < 1.29 is 33.8 Å². The number of carbonyl (C=O) groups is 4. The first kappa shape index (κ1) is 30.1. The maximum Gasteiger partial charge on any atom is 0.408 e. The van der Waals surface area contributed by atoms with Crippen LogP contribution in [-0.4, -0.2) is 59.3 Å². The number of primary amides is 1. The van der Waals surface area contributed by atoms with Crippen LogP contribution in [0.5, 0.6) is 5.75 Å². The average Bonchev–Trinajstić information content (AvgIpc) is 2.84. The van der Waals surface area contributed by atoms with E-state index in [1.54, 1.807) is 45.0 Å². The van der Waals surface area contributed by atoms with E-state index in [9.17, 15) is 24.3 Å². The highest BCUT2D eigenvalue weighted by Gasteiger charge is 2.29. The monoisotopic (exact) mass is 528 g/mol. The lowest BCUT2D eigenvalue weighted by molar-refractivity contribution is -0.132. The number of nitrogens with two attached hydrogens (primary N) is 1. The second kappa shape index (κ2) is 14.0. The van der Waals surface area contributed by atoms with Crippen molar-refractivity contribution in [2.75, 3.05) is 6.54 Å². The Balaban J connectivity index is 2.07. The van der Waals surface area contributed by atoms with E-state index in [1.807, 2.05) is 30.3 Å². The maximum atomic E-state index is 13.0. The van der Waals surface area contributed by atoms with Gasteiger partial charge in [-0.25, -0.2) is 4.79 Å². The van der Waals surface area contributed by atoms with Gasteiger partial charge in [-0.15, -0.1) is 0 Å². The topological polar surface area (TPSA) is 169 Å². The van der Waals surface area contributed by atoms with Gasteiger partial charge in [-0.1, -0.05) is 42.5 Å². The number of aliphatic hydroxyl groups is 1. The Morgan fingerprint density at radius 3 is 2.13 bits per heavy atom. The number of hydrogen-bond donors (Lipinski definition) is 5. The highest BCUT2D eigenvalue weighted by atomic mass is 16.6. The molecule has 0 aliphatic rings. The molecule has 0 saturated carbocycles. The second-order valence-corrected chi connectivity index (χ2v) is 9.73. The van der Waals surface area contributed by atoms with Gasteiger partial charge in [0.25, 0.3) is 0 Å². The first-order valence-corrected chi connectivity index (χ1v) is 12.1. The van der Waals surface area contributed by atoms with Crippen molar-refractivity contribution in [3.63, 3.8) is 0 Å². The number of amides is 4. The number of aliphatic hydroxyl groups excluding tert-OH is 1. The Bertz CT molecular complexity index is 1080. The molecule has 3 atom stereocenters. The Kier molecular flexibility index (Phi) is 11.1. The zero-order chi connectivity index (χ0) is 28.3. The molecule has 0 spiro atoms. The smallest absolute Gasteiger partial charge is 0.408 e. The molecule has 2 aromatic rings. The van der Waals surface area contributed by atoms with Crippen LogP contribution in [-0.2, 0) is 32.1 Å². The minimum Gasteiger partial charge on any atom is -0.489 e. The normalized spacial score (nSPS) is 13.4. The molecule has 0 heterocycles. The lowest BCUT2D eigenvalue weighted by Gasteiger charge is -2.24. The van der Waals surface area contributed by atoms with Gasteiger partial charge in [-0.3, -0.25) is 14.4 Å². The Morgan fingerprint density at radius 1 is 0.947 bits per heavy atom. The SMILES string of the molecule is C[C@@H](O)[C@@H](NC(=O)[C@@H](Cc1ccc(OCc2ccccc2)cc1)NC(=O)CNC(=O)OC(C)(C)C)C(N)=O. The summed E-state index contributed by atoms with van der Waals surface area (Å²) in [4.78, 5) is 49.0. The summed E-state index contributed by atoms with van der Waals surface area (Å²) < 4.78 is 10.9. The third kappa shape index (κ3) is 10.9. The van der Waals surface area contributed by atoms with E-state index >= 15 is 0 Å². The van der Waals surface area contributed by atoms with E-state index < -0.39 is 54.1 Å². The Hall–Kier alpha value is -4.12. The summed E-state index contributed by atoms with van der Waals surface area (Å²) in [5.41, 5.74) is 6.23. The molecule has 11 heteroatoms. The molecular weight excluding hydrogens is 492 g/mol. The lowest BCUT2D eigenvalue weighted by Crippen LogP contribution is -2.57. The largest absolute Gasteiger partial charge is 0.489 e. The molecule has 4 amide bonds. The standard InChI is InChI=1S/C27H36N4O7/c1-17(32)23(24(28)34)31-25(35)21(30-22(33)15-29-26(36)38-27(2,3)4)14-18-10-12-20(13-11-18)37-16-19-8-6-5-7-9-19/h5-13,17,21,23,32H,14-16H2,1-4H3,(H2,28,34)(H,29,36)(H,30,33)(H,31,35)/t17-,21-,23-/m1/s1. The number of rotatable bonds is 12. The summed E-state index contributed by atoms with van der Waals surface area (Å²) in [6.45, 7) is 6.30. The van der Waals surface area contributed by atoms with Crippen molar-refractivity contribution in [2.45, 2.75) is 64.5 Å². The van der Waals surface area contributed by atoms with Gasteiger partial charge in [0.15, 0.2) is 0 Å². The summed E-state index contributed by atoms with van der Waals surface area (Å²) in [6.07, 6.45) is -1.99. The summed E-state index contributed by atoms with van der Waals surface area (Å²) in [5, 5.41) is 17.0. The molecule has 6 N–H and O–H groups in total. The molecule has 0 radical (unpaired) electrons. The fourth-order valence-electron chi connectivity index (χ4n) is 3.30. The first-order valence-electron chi connectivity index (χ1n) is 12.1. The van der Waals surface area contributed by atoms with Crippen LogP contribution < -0.4 is 26.4 Å². The molecule has 0 aliphatic heterocycles. The number of hydrogen-bond acceptors (Lipinski definition) is 7. The second-order valence-electron chi connectivity index (χ2n) is 9.73. The molecule has 38 heavy (non-hydrogen) atoms. The van der Waals surface area contributed by atoms with Crippen molar-refractivity contribution in [3.8, 4) is 5.75 Å². The van der Waals surface area contributed by atoms with Crippen LogP contribution in [0.1, 0.15) is 38.8 Å². The van der Waals surface area contributed by atoms with Crippen LogP contribution >= 0.6 is 0 Å². The molecule has 0 fully saturated rings. The molecule has 0 aliphatic carbocycles. The van der Waals surface area contributed by atoms with Crippen LogP contribution in [0.4, 0.5) is 4.79 Å². The third-order valence-electron chi connectivity index (χ3n) is 5.14. The van der Waals surface area contributed by atoms with Gasteiger partial charge in [-0.05, 0) is 51.0 Å². The molecule has 0 unspecified atom stereocenters. The fraction of sp³-hybridized carbons (Fsp3) is 0.407.